The van der Waals surface area contributed by atoms with E-state index in [1.807, 2.05) is 24.3 Å². The molecule has 1 aliphatic carbocycles. The summed E-state index contributed by atoms with van der Waals surface area (Å²) in [6, 6.07) is 14.9. The van der Waals surface area contributed by atoms with E-state index in [9.17, 15) is 13.2 Å². The average Bonchev–Trinajstić information content (AvgIpc) is 3.39. The van der Waals surface area contributed by atoms with Gasteiger partial charge in [-0.1, -0.05) is 30.3 Å². The maximum absolute atomic E-state index is 16.5. The van der Waals surface area contributed by atoms with Gasteiger partial charge in [-0.3, -0.25) is 4.79 Å². The molecule has 1 fully saturated rings. The Labute approximate surface area is 187 Å². The van der Waals surface area contributed by atoms with Crippen LogP contribution in [-0.2, 0) is 26.1 Å². The number of aromatic nitrogens is 2. The lowest BCUT2D eigenvalue weighted by Gasteiger charge is -2.27. The van der Waals surface area contributed by atoms with E-state index >= 15 is 4.39 Å². The highest BCUT2D eigenvalue weighted by Gasteiger charge is 2.59. The summed E-state index contributed by atoms with van der Waals surface area (Å²) in [5, 5.41) is 4.70. The van der Waals surface area contributed by atoms with Gasteiger partial charge in [-0.2, -0.15) is 0 Å². The second kappa shape index (κ2) is 8.18. The van der Waals surface area contributed by atoms with E-state index in [2.05, 4.69) is 32.8 Å². The standard InChI is InChI=1S/C21H18FIN2O4S/c22-21(15-8-11-17(26)13-15,30(27,28)18-4-2-1-3-5-18)20-25-24-19(29-20)12-14-6-9-16(23)10-7-14/h1-7,9-10,15H,8,11-13H2/t15-,21?/m0/s1. The van der Waals surface area contributed by atoms with Crippen LogP contribution in [0, 0.1) is 9.49 Å². The number of ketones is 1. The molecule has 30 heavy (non-hydrogen) atoms. The first-order valence-electron chi connectivity index (χ1n) is 9.38. The molecule has 6 nitrogen and oxygen atoms in total. The summed E-state index contributed by atoms with van der Waals surface area (Å²) >= 11 is 2.18. The average molecular weight is 540 g/mol. The fraction of sp³-hybridized carbons (Fsp3) is 0.286. The molecule has 2 aromatic carbocycles. The number of Topliss-reactive ketones (excluding diaryl/α,β-unsaturated/α-hetero) is 1. The number of benzene rings is 2. The molecule has 3 aromatic rings. The van der Waals surface area contributed by atoms with Crippen LogP contribution in [0.25, 0.3) is 0 Å². The molecule has 156 valence electrons. The largest absolute Gasteiger partial charge is 0.420 e. The second-order valence-corrected chi connectivity index (χ2v) is 10.6. The van der Waals surface area contributed by atoms with Crippen LogP contribution in [-0.4, -0.2) is 24.4 Å². The van der Waals surface area contributed by atoms with Gasteiger partial charge in [0.2, 0.25) is 15.7 Å². The zero-order chi connectivity index (χ0) is 21.4. The maximum atomic E-state index is 16.5. The Kier molecular flexibility index (Phi) is 5.75. The third-order valence-corrected chi connectivity index (χ3v) is 8.14. The van der Waals surface area contributed by atoms with Crippen LogP contribution in [0.2, 0.25) is 0 Å². The summed E-state index contributed by atoms with van der Waals surface area (Å²) in [7, 11) is -4.54. The molecule has 1 aromatic heterocycles. The van der Waals surface area contributed by atoms with Crippen LogP contribution >= 0.6 is 22.6 Å². The predicted molar refractivity (Wildman–Crippen MR) is 115 cm³/mol. The zero-order valence-corrected chi connectivity index (χ0v) is 18.8. The first-order chi connectivity index (χ1) is 14.3. The monoisotopic (exact) mass is 540 g/mol. The minimum absolute atomic E-state index is 0.107. The number of alkyl halides is 1. The molecule has 4 rings (SSSR count). The molecule has 1 aliphatic rings. The van der Waals surface area contributed by atoms with Gasteiger partial charge in [0.1, 0.15) is 5.78 Å². The van der Waals surface area contributed by atoms with Crippen molar-refractivity contribution in [2.75, 3.05) is 0 Å². The number of carbonyl (C=O) groups excluding carboxylic acids is 1. The van der Waals surface area contributed by atoms with Crippen LogP contribution in [0.1, 0.15) is 36.6 Å². The highest BCUT2D eigenvalue weighted by Crippen LogP contribution is 2.48. The van der Waals surface area contributed by atoms with E-state index in [1.165, 1.54) is 24.3 Å². The smallest absolute Gasteiger partial charge is 0.294 e. The fourth-order valence-corrected chi connectivity index (χ4v) is 5.82. The van der Waals surface area contributed by atoms with Crippen molar-refractivity contribution in [2.24, 2.45) is 5.92 Å². The normalized spacial score (nSPS) is 19.0. The summed E-state index contributed by atoms with van der Waals surface area (Å²) in [5.41, 5.74) is 0.872. The van der Waals surface area contributed by atoms with Crippen LogP contribution in [0.4, 0.5) is 4.39 Å². The van der Waals surface area contributed by atoms with E-state index in [-0.39, 0.29) is 42.3 Å². The van der Waals surface area contributed by atoms with Crippen LogP contribution < -0.4 is 0 Å². The molecule has 2 atom stereocenters. The molecule has 0 bridgehead atoms. The third kappa shape index (κ3) is 3.80. The van der Waals surface area contributed by atoms with Gasteiger partial charge in [0, 0.05) is 22.3 Å². The van der Waals surface area contributed by atoms with Gasteiger partial charge in [0.15, 0.2) is 0 Å². The second-order valence-electron chi connectivity index (χ2n) is 7.24. The number of hydrogen-bond acceptors (Lipinski definition) is 6. The minimum Gasteiger partial charge on any atom is -0.420 e. The predicted octanol–water partition coefficient (Wildman–Crippen LogP) is 4.23. The lowest BCUT2D eigenvalue weighted by atomic mass is 10.0. The number of nitrogens with zero attached hydrogens (tertiary/aromatic N) is 2. The van der Waals surface area contributed by atoms with Gasteiger partial charge in [0.25, 0.3) is 10.9 Å². The van der Waals surface area contributed by atoms with E-state index in [4.69, 9.17) is 4.42 Å². The number of halogens is 2. The van der Waals surface area contributed by atoms with Crippen molar-refractivity contribution in [3.8, 4) is 0 Å². The number of rotatable bonds is 6. The van der Waals surface area contributed by atoms with Crippen molar-refractivity contribution < 1.29 is 22.0 Å². The molecule has 1 saturated carbocycles. The Balaban J connectivity index is 1.75. The Hall–Kier alpha value is -2.14. The lowest BCUT2D eigenvalue weighted by Crippen LogP contribution is -2.38. The molecule has 9 heteroatoms. The van der Waals surface area contributed by atoms with Crippen LogP contribution in [0.15, 0.2) is 63.9 Å². The Bertz CT molecular complexity index is 1170. The number of sulfone groups is 1. The molecule has 0 amide bonds. The summed E-state index contributed by atoms with van der Waals surface area (Å²) in [6.45, 7) is 0. The van der Waals surface area contributed by atoms with Crippen molar-refractivity contribution in [3.63, 3.8) is 0 Å². The van der Waals surface area contributed by atoms with E-state index in [1.54, 1.807) is 6.07 Å². The van der Waals surface area contributed by atoms with E-state index in [0.29, 0.717) is 0 Å². The highest BCUT2D eigenvalue weighted by molar-refractivity contribution is 14.1. The summed E-state index contributed by atoms with van der Waals surface area (Å²) in [6.07, 6.45) is 0.299. The molecule has 1 unspecified atom stereocenters. The number of carbonyl (C=O) groups is 1. The topological polar surface area (TPSA) is 90.1 Å². The Morgan fingerprint density at radius 1 is 1.10 bits per heavy atom. The van der Waals surface area contributed by atoms with Gasteiger partial charge in [-0.25, -0.2) is 12.8 Å². The van der Waals surface area contributed by atoms with Crippen molar-refractivity contribution >= 4 is 38.2 Å². The highest BCUT2D eigenvalue weighted by atomic mass is 127. The Morgan fingerprint density at radius 2 is 1.80 bits per heavy atom. The first-order valence-corrected chi connectivity index (χ1v) is 11.9. The maximum Gasteiger partial charge on any atom is 0.294 e. The van der Waals surface area contributed by atoms with Crippen LogP contribution in [0.3, 0.4) is 0 Å². The molecule has 0 radical (unpaired) electrons. The molecule has 0 aliphatic heterocycles. The molecule has 0 saturated heterocycles. The fourth-order valence-electron chi connectivity index (χ4n) is 3.65. The van der Waals surface area contributed by atoms with Gasteiger partial charge < -0.3 is 4.42 Å². The van der Waals surface area contributed by atoms with E-state index in [0.717, 1.165) is 9.13 Å². The summed E-state index contributed by atoms with van der Waals surface area (Å²) < 4.78 is 49.8. The number of hydrogen-bond donors (Lipinski definition) is 0. The molecular formula is C21H18FIN2O4S. The van der Waals surface area contributed by atoms with E-state index < -0.39 is 26.6 Å². The van der Waals surface area contributed by atoms with Crippen molar-refractivity contribution in [3.05, 3.63) is 75.5 Å². The Morgan fingerprint density at radius 3 is 2.43 bits per heavy atom. The quantitative estimate of drug-likeness (QED) is 0.435. The van der Waals surface area contributed by atoms with Gasteiger partial charge >= 0.3 is 0 Å². The van der Waals surface area contributed by atoms with Gasteiger partial charge in [-0.15, -0.1) is 10.2 Å². The summed E-state index contributed by atoms with van der Waals surface area (Å²) in [4.78, 5) is 11.6. The van der Waals surface area contributed by atoms with Crippen molar-refractivity contribution in [1.82, 2.24) is 10.2 Å². The van der Waals surface area contributed by atoms with Gasteiger partial charge in [0.05, 0.1) is 11.3 Å². The molecule has 1 heterocycles. The van der Waals surface area contributed by atoms with Gasteiger partial charge in [-0.05, 0) is 58.8 Å². The molecule has 0 spiro atoms. The lowest BCUT2D eigenvalue weighted by molar-refractivity contribution is -0.117. The molecular weight excluding hydrogens is 522 g/mol. The van der Waals surface area contributed by atoms with Crippen molar-refractivity contribution in [1.29, 1.82) is 0 Å². The first kappa shape index (κ1) is 21.1. The SMILES string of the molecule is O=C1CC[C@H](C(F)(c2nnc(Cc3ccc(I)cc3)o2)S(=O)(=O)c2ccccc2)C1. The van der Waals surface area contributed by atoms with Crippen molar-refractivity contribution in [2.45, 2.75) is 35.6 Å². The molecule has 0 N–H and O–H groups in total. The summed E-state index contributed by atoms with van der Waals surface area (Å²) in [5.74, 6) is -1.77. The van der Waals surface area contributed by atoms with Crippen LogP contribution in [0.5, 0.6) is 0 Å². The zero-order valence-electron chi connectivity index (χ0n) is 15.8. The minimum atomic E-state index is -4.54. The third-order valence-electron chi connectivity index (χ3n) is 5.24.